The van der Waals surface area contributed by atoms with Crippen molar-refractivity contribution in [3.63, 3.8) is 0 Å². The third-order valence-electron chi connectivity index (χ3n) is 4.78. The first kappa shape index (κ1) is 21.6. The molecule has 2 heterocycles. The molecule has 10 heteroatoms. The number of ether oxygens (including phenoxy) is 1. The third-order valence-corrected chi connectivity index (χ3v) is 6.08. The maximum Gasteiger partial charge on any atom is 0.420 e. The molecule has 1 aromatic carbocycles. The fourth-order valence-corrected chi connectivity index (χ4v) is 4.11. The van der Waals surface area contributed by atoms with Crippen molar-refractivity contribution in [2.24, 2.45) is 0 Å². The normalized spacial score (nSPS) is 14.6. The minimum absolute atomic E-state index is 0.0779. The first-order valence-corrected chi connectivity index (χ1v) is 12.1. The van der Waals surface area contributed by atoms with Gasteiger partial charge in [0.15, 0.2) is 15.5 Å². The van der Waals surface area contributed by atoms with E-state index in [0.29, 0.717) is 23.1 Å². The maximum absolute atomic E-state index is 13.3. The molecule has 0 N–H and O–H groups in total. The van der Waals surface area contributed by atoms with Crippen LogP contribution in [0.15, 0.2) is 41.4 Å². The molecule has 31 heavy (non-hydrogen) atoms. The van der Waals surface area contributed by atoms with E-state index >= 15 is 0 Å². The van der Waals surface area contributed by atoms with Gasteiger partial charge in [-0.2, -0.15) is 9.61 Å². The van der Waals surface area contributed by atoms with Gasteiger partial charge in [-0.3, -0.25) is 0 Å². The molecular weight excluding hydrogens is 440 g/mol. The second-order valence-electron chi connectivity index (χ2n) is 8.63. The molecule has 2 aromatic heterocycles. The highest BCUT2D eigenvalue weighted by molar-refractivity contribution is 7.90. The first-order chi connectivity index (χ1) is 14.4. The second-order valence-corrected chi connectivity index (χ2v) is 11.0. The number of nitrogens with zero attached hydrogens (tertiary/aromatic N) is 4. The molecule has 0 atom stereocenters. The van der Waals surface area contributed by atoms with Crippen LogP contribution < -0.4 is 4.90 Å². The zero-order chi connectivity index (χ0) is 22.6. The molecule has 0 unspecified atom stereocenters. The summed E-state index contributed by atoms with van der Waals surface area (Å²) in [7, 11) is -3.49. The largest absolute Gasteiger partial charge is 0.443 e. The highest BCUT2D eigenvalue weighted by Crippen LogP contribution is 2.42. The molecule has 0 spiro atoms. The van der Waals surface area contributed by atoms with E-state index in [-0.39, 0.29) is 10.0 Å². The van der Waals surface area contributed by atoms with Crippen LogP contribution in [-0.2, 0) is 14.6 Å². The smallest absolute Gasteiger partial charge is 0.420 e. The summed E-state index contributed by atoms with van der Waals surface area (Å²) in [5.41, 5.74) is 1.07. The summed E-state index contributed by atoms with van der Waals surface area (Å²) in [6.07, 6.45) is 4.26. The number of fused-ring (bicyclic) bond motifs is 1. The number of benzene rings is 1. The van der Waals surface area contributed by atoms with Gasteiger partial charge in [0.25, 0.3) is 0 Å². The zero-order valence-corrected chi connectivity index (χ0v) is 19.2. The average Bonchev–Trinajstić information content (AvgIpc) is 3.39. The molecule has 0 aliphatic heterocycles. The Labute approximate surface area is 185 Å². The number of aromatic nitrogens is 3. The Hall–Kier alpha value is -2.65. The topological polar surface area (TPSA) is 93.9 Å². The SMILES string of the molecule is CC(C)(C)OC(=O)N(c1cccc(S(C)(=O)=O)c1)c1cc(Cl)nc2c(C3CC3)cnn12. The Morgan fingerprint density at radius 2 is 1.97 bits per heavy atom. The highest BCUT2D eigenvalue weighted by Gasteiger charge is 2.32. The summed E-state index contributed by atoms with van der Waals surface area (Å²) >= 11 is 6.32. The fraction of sp³-hybridized carbons (Fsp3) is 0.381. The molecule has 1 amide bonds. The molecule has 1 fully saturated rings. The van der Waals surface area contributed by atoms with Gasteiger partial charge in [-0.05, 0) is 57.7 Å². The number of hydrogen-bond acceptors (Lipinski definition) is 6. The van der Waals surface area contributed by atoms with Crippen LogP contribution in [0.5, 0.6) is 0 Å². The molecule has 164 valence electrons. The first-order valence-electron chi connectivity index (χ1n) is 9.81. The van der Waals surface area contributed by atoms with Gasteiger partial charge in [0.1, 0.15) is 16.6 Å². The van der Waals surface area contributed by atoms with Gasteiger partial charge >= 0.3 is 6.09 Å². The van der Waals surface area contributed by atoms with Crippen molar-refractivity contribution in [3.05, 3.63) is 47.2 Å². The van der Waals surface area contributed by atoms with Crippen molar-refractivity contribution < 1.29 is 17.9 Å². The van der Waals surface area contributed by atoms with Crippen LogP contribution in [0.2, 0.25) is 5.15 Å². The number of carbonyl (C=O) groups excluding carboxylic acids is 1. The number of hydrogen-bond donors (Lipinski definition) is 0. The molecule has 3 aromatic rings. The molecule has 8 nitrogen and oxygen atoms in total. The van der Waals surface area contributed by atoms with E-state index in [1.54, 1.807) is 39.1 Å². The van der Waals surface area contributed by atoms with Gasteiger partial charge in [0.05, 0.1) is 16.8 Å². The number of sulfone groups is 1. The van der Waals surface area contributed by atoms with Crippen molar-refractivity contribution in [1.29, 1.82) is 0 Å². The Kier molecular flexibility index (Phi) is 5.21. The number of halogens is 1. The minimum atomic E-state index is -3.49. The average molecular weight is 463 g/mol. The van der Waals surface area contributed by atoms with Crippen LogP contribution >= 0.6 is 11.6 Å². The molecule has 0 saturated heterocycles. The summed E-state index contributed by atoms with van der Waals surface area (Å²) < 4.78 is 31.4. The Bertz CT molecular complexity index is 1280. The van der Waals surface area contributed by atoms with Crippen LogP contribution in [0.25, 0.3) is 5.65 Å². The predicted molar refractivity (Wildman–Crippen MR) is 118 cm³/mol. The van der Waals surface area contributed by atoms with E-state index in [4.69, 9.17) is 16.3 Å². The Morgan fingerprint density at radius 1 is 1.26 bits per heavy atom. The molecule has 0 bridgehead atoms. The van der Waals surface area contributed by atoms with Gasteiger partial charge in [-0.25, -0.2) is 23.1 Å². The summed E-state index contributed by atoms with van der Waals surface area (Å²) in [5, 5.41) is 4.64. The molecule has 1 saturated carbocycles. The summed E-state index contributed by atoms with van der Waals surface area (Å²) in [6.45, 7) is 5.26. The van der Waals surface area contributed by atoms with Crippen molar-refractivity contribution >= 4 is 44.7 Å². The number of amides is 1. The quantitative estimate of drug-likeness (QED) is 0.520. The molecule has 0 radical (unpaired) electrons. The van der Waals surface area contributed by atoms with E-state index in [0.717, 1.165) is 24.7 Å². The van der Waals surface area contributed by atoms with E-state index in [1.807, 2.05) is 0 Å². The predicted octanol–water partition coefficient (Wildman–Crippen LogP) is 4.74. The van der Waals surface area contributed by atoms with Crippen molar-refractivity contribution in [2.75, 3.05) is 11.2 Å². The van der Waals surface area contributed by atoms with Crippen molar-refractivity contribution in [3.8, 4) is 0 Å². The van der Waals surface area contributed by atoms with Gasteiger partial charge in [-0.1, -0.05) is 17.7 Å². The van der Waals surface area contributed by atoms with E-state index in [2.05, 4.69) is 10.1 Å². The monoisotopic (exact) mass is 462 g/mol. The lowest BCUT2D eigenvalue weighted by Gasteiger charge is -2.28. The Morgan fingerprint density at radius 3 is 2.58 bits per heavy atom. The summed E-state index contributed by atoms with van der Waals surface area (Å²) in [4.78, 5) is 19.0. The minimum Gasteiger partial charge on any atom is -0.443 e. The van der Waals surface area contributed by atoms with Gasteiger partial charge in [-0.15, -0.1) is 0 Å². The van der Waals surface area contributed by atoms with Crippen LogP contribution in [0.3, 0.4) is 0 Å². The highest BCUT2D eigenvalue weighted by atomic mass is 35.5. The van der Waals surface area contributed by atoms with Gasteiger partial charge < -0.3 is 4.74 Å². The van der Waals surface area contributed by atoms with Crippen LogP contribution in [0.1, 0.15) is 45.1 Å². The van der Waals surface area contributed by atoms with E-state index < -0.39 is 21.5 Å². The van der Waals surface area contributed by atoms with Crippen molar-refractivity contribution in [2.45, 2.75) is 50.0 Å². The summed E-state index contributed by atoms with van der Waals surface area (Å²) in [5.74, 6) is 0.682. The second kappa shape index (κ2) is 7.49. The molecule has 1 aliphatic rings. The lowest BCUT2D eigenvalue weighted by atomic mass is 10.2. The number of rotatable bonds is 4. The van der Waals surface area contributed by atoms with Gasteiger partial charge in [0.2, 0.25) is 0 Å². The molecule has 1 aliphatic carbocycles. The number of anilines is 2. The lowest BCUT2D eigenvalue weighted by Crippen LogP contribution is -2.35. The molecular formula is C21H23ClN4O4S. The molecule has 4 rings (SSSR count). The number of carbonyl (C=O) groups is 1. The van der Waals surface area contributed by atoms with Crippen LogP contribution in [0, 0.1) is 0 Å². The lowest BCUT2D eigenvalue weighted by molar-refractivity contribution is 0.0597. The van der Waals surface area contributed by atoms with Crippen molar-refractivity contribution in [1.82, 2.24) is 14.6 Å². The summed E-state index contributed by atoms with van der Waals surface area (Å²) in [6, 6.07) is 7.60. The standard InChI is InChI=1S/C21H23ClN4O4S/c1-21(2,3)30-20(27)25(14-6-5-7-15(10-14)31(4,28)29)18-11-17(22)24-19-16(13-8-9-13)12-23-26(18)19/h5-7,10-13H,8-9H2,1-4H3. The zero-order valence-electron chi connectivity index (χ0n) is 17.7. The van der Waals surface area contributed by atoms with E-state index in [9.17, 15) is 13.2 Å². The van der Waals surface area contributed by atoms with Gasteiger partial charge in [0, 0.05) is 17.9 Å². The fourth-order valence-electron chi connectivity index (χ4n) is 3.27. The maximum atomic E-state index is 13.3. The van der Waals surface area contributed by atoms with Crippen LogP contribution in [0.4, 0.5) is 16.3 Å². The van der Waals surface area contributed by atoms with Crippen LogP contribution in [-0.4, -0.2) is 41.0 Å². The van der Waals surface area contributed by atoms with E-state index in [1.165, 1.54) is 27.6 Å². The Balaban J connectivity index is 1.93. The third kappa shape index (κ3) is 4.52.